The normalized spacial score (nSPS) is 16.6. The maximum atomic E-state index is 11.9. The summed E-state index contributed by atoms with van der Waals surface area (Å²) in [6.45, 7) is 1.28. The molecule has 0 aromatic heterocycles. The molecule has 0 aliphatic rings. The number of hydrogen-bond acceptors (Lipinski definition) is 3. The summed E-state index contributed by atoms with van der Waals surface area (Å²) in [6, 6.07) is 9.28. The van der Waals surface area contributed by atoms with E-state index in [4.69, 9.17) is 0 Å². The first-order valence-corrected chi connectivity index (χ1v) is 8.77. The molecule has 0 aliphatic heterocycles. The largest absolute Gasteiger partial charge is 0.480 e. The third kappa shape index (κ3) is 3.36. The molecule has 6 heteroatoms. The molecule has 1 N–H and O–H groups in total. The highest BCUT2D eigenvalue weighted by molar-refractivity contribution is 9.09. The zero-order chi connectivity index (χ0) is 14.7. The fraction of sp³-hybridized carbons (Fsp3) is 0.462. The molecule has 19 heavy (non-hydrogen) atoms. The van der Waals surface area contributed by atoms with Gasteiger partial charge in [0.05, 0.1) is 0 Å². The summed E-state index contributed by atoms with van der Waals surface area (Å²) < 4.78 is 22.0. The quantitative estimate of drug-likeness (QED) is 0.799. The first-order chi connectivity index (χ1) is 8.73. The number of aliphatic carboxylic acids is 1. The van der Waals surface area contributed by atoms with Gasteiger partial charge < -0.3 is 5.11 Å². The van der Waals surface area contributed by atoms with E-state index in [9.17, 15) is 18.3 Å². The van der Waals surface area contributed by atoms with Crippen molar-refractivity contribution >= 4 is 31.7 Å². The molecular formula is C13H17BrO4S. The molecule has 0 spiro atoms. The van der Waals surface area contributed by atoms with Crippen LogP contribution in [-0.2, 0) is 21.1 Å². The lowest BCUT2D eigenvalue weighted by Gasteiger charge is -2.31. The summed E-state index contributed by atoms with van der Waals surface area (Å²) in [4.78, 5) is 11.5. The second kappa shape index (κ2) is 6.05. The minimum absolute atomic E-state index is 0.303. The van der Waals surface area contributed by atoms with Crippen molar-refractivity contribution in [3.8, 4) is 0 Å². The predicted molar refractivity (Wildman–Crippen MR) is 78.3 cm³/mol. The molecule has 1 aromatic carbocycles. The number of halogens is 1. The molecule has 4 nitrogen and oxygen atoms in total. The van der Waals surface area contributed by atoms with Crippen LogP contribution in [0.15, 0.2) is 30.3 Å². The van der Waals surface area contributed by atoms with E-state index in [-0.39, 0.29) is 0 Å². The van der Waals surface area contributed by atoms with Crippen LogP contribution in [0.3, 0.4) is 0 Å². The van der Waals surface area contributed by atoms with Gasteiger partial charge >= 0.3 is 5.97 Å². The van der Waals surface area contributed by atoms with Gasteiger partial charge in [-0.15, -0.1) is 0 Å². The van der Waals surface area contributed by atoms with Crippen molar-refractivity contribution < 1.29 is 18.3 Å². The summed E-state index contributed by atoms with van der Waals surface area (Å²) in [5, 5.41) is 9.65. The highest BCUT2D eigenvalue weighted by Gasteiger charge is 2.49. The van der Waals surface area contributed by atoms with E-state index in [0.29, 0.717) is 11.8 Å². The Morgan fingerprint density at radius 1 is 1.37 bits per heavy atom. The Bertz CT molecular complexity index is 541. The third-order valence-corrected chi connectivity index (χ3v) is 6.32. The zero-order valence-corrected chi connectivity index (χ0v) is 13.2. The fourth-order valence-corrected chi connectivity index (χ4v) is 4.11. The van der Waals surface area contributed by atoms with Crippen LogP contribution in [-0.4, -0.2) is 35.8 Å². The Labute approximate surface area is 121 Å². The van der Waals surface area contributed by atoms with Crippen molar-refractivity contribution in [3.63, 3.8) is 0 Å². The molecule has 0 heterocycles. The van der Waals surface area contributed by atoms with E-state index in [1.807, 2.05) is 30.3 Å². The second-order valence-electron chi connectivity index (χ2n) is 4.73. The maximum Gasteiger partial charge on any atom is 0.325 e. The number of rotatable bonds is 6. The van der Waals surface area contributed by atoms with Crippen LogP contribution < -0.4 is 0 Å². The minimum Gasteiger partial charge on any atom is -0.480 e. The first kappa shape index (κ1) is 16.2. The molecule has 2 atom stereocenters. The first-order valence-electron chi connectivity index (χ1n) is 5.76. The Morgan fingerprint density at radius 3 is 2.26 bits per heavy atom. The van der Waals surface area contributed by atoms with Crippen LogP contribution in [0.1, 0.15) is 12.5 Å². The van der Waals surface area contributed by atoms with Gasteiger partial charge in [-0.2, -0.15) is 0 Å². The number of benzene rings is 1. The van der Waals surface area contributed by atoms with E-state index in [0.717, 1.165) is 11.8 Å². The Hall–Kier alpha value is -0.880. The van der Waals surface area contributed by atoms with Crippen LogP contribution >= 0.6 is 15.9 Å². The van der Waals surface area contributed by atoms with Gasteiger partial charge in [-0.3, -0.25) is 4.79 Å². The molecule has 0 radical (unpaired) electrons. The van der Waals surface area contributed by atoms with Crippen LogP contribution in [0.5, 0.6) is 0 Å². The summed E-state index contributed by atoms with van der Waals surface area (Å²) in [5.41, 5.74) is 0.920. The molecule has 0 saturated carbocycles. The van der Waals surface area contributed by atoms with Gasteiger partial charge in [0.2, 0.25) is 0 Å². The van der Waals surface area contributed by atoms with Crippen molar-refractivity contribution in [1.82, 2.24) is 0 Å². The smallest absolute Gasteiger partial charge is 0.325 e. The molecule has 0 bridgehead atoms. The third-order valence-electron chi connectivity index (χ3n) is 3.49. The van der Waals surface area contributed by atoms with E-state index >= 15 is 0 Å². The number of alkyl halides is 1. The van der Waals surface area contributed by atoms with Crippen LogP contribution in [0.25, 0.3) is 0 Å². The van der Waals surface area contributed by atoms with Crippen LogP contribution in [0, 0.1) is 5.92 Å². The van der Waals surface area contributed by atoms with Crippen molar-refractivity contribution in [2.75, 3.05) is 11.6 Å². The van der Waals surface area contributed by atoms with Gasteiger partial charge in [-0.05, 0) is 18.9 Å². The van der Waals surface area contributed by atoms with Crippen LogP contribution in [0.4, 0.5) is 0 Å². The molecular weight excluding hydrogens is 332 g/mol. The van der Waals surface area contributed by atoms with Crippen molar-refractivity contribution in [2.45, 2.75) is 18.1 Å². The fourth-order valence-electron chi connectivity index (χ4n) is 1.93. The molecule has 0 amide bonds. The molecule has 1 unspecified atom stereocenters. The Balaban J connectivity index is 3.16. The zero-order valence-electron chi connectivity index (χ0n) is 10.8. The van der Waals surface area contributed by atoms with E-state index in [1.165, 1.54) is 6.92 Å². The SMILES string of the molecule is C[C@](C(=O)O)(C(CBr)Cc1ccccc1)S(C)(=O)=O. The molecule has 0 saturated heterocycles. The summed E-state index contributed by atoms with van der Waals surface area (Å²) in [6.07, 6.45) is 1.36. The number of carboxylic acids is 1. The summed E-state index contributed by atoms with van der Waals surface area (Å²) in [5.74, 6) is -1.85. The average Bonchev–Trinajstić information content (AvgIpc) is 2.34. The maximum absolute atomic E-state index is 11.9. The number of carbonyl (C=O) groups is 1. The molecule has 1 aromatic rings. The van der Waals surface area contributed by atoms with E-state index in [2.05, 4.69) is 15.9 Å². The lowest BCUT2D eigenvalue weighted by molar-refractivity contribution is -0.140. The molecule has 0 fully saturated rings. The molecule has 106 valence electrons. The number of carboxylic acid groups (broad SMARTS) is 1. The number of sulfone groups is 1. The lowest BCUT2D eigenvalue weighted by Crippen LogP contribution is -2.51. The molecule has 0 aliphatic carbocycles. The van der Waals surface area contributed by atoms with E-state index < -0.39 is 26.5 Å². The second-order valence-corrected chi connectivity index (χ2v) is 7.77. The topological polar surface area (TPSA) is 71.4 Å². The molecule has 1 rings (SSSR count). The average molecular weight is 349 g/mol. The van der Waals surface area contributed by atoms with Gasteiger partial charge in [0, 0.05) is 17.5 Å². The van der Waals surface area contributed by atoms with Crippen molar-refractivity contribution in [1.29, 1.82) is 0 Å². The van der Waals surface area contributed by atoms with Gasteiger partial charge in [-0.25, -0.2) is 8.42 Å². The Kier molecular flexibility index (Phi) is 5.15. The van der Waals surface area contributed by atoms with Crippen molar-refractivity contribution in [2.24, 2.45) is 5.92 Å². The van der Waals surface area contributed by atoms with Gasteiger partial charge in [0.15, 0.2) is 14.6 Å². The predicted octanol–water partition coefficient (Wildman–Crippen LogP) is 2.13. The lowest BCUT2D eigenvalue weighted by atomic mass is 9.89. The van der Waals surface area contributed by atoms with E-state index in [1.54, 1.807) is 0 Å². The monoisotopic (exact) mass is 348 g/mol. The van der Waals surface area contributed by atoms with Gasteiger partial charge in [-0.1, -0.05) is 46.3 Å². The number of hydrogen-bond donors (Lipinski definition) is 1. The summed E-state index contributed by atoms with van der Waals surface area (Å²) in [7, 11) is -3.72. The summed E-state index contributed by atoms with van der Waals surface area (Å²) >= 11 is 3.24. The minimum atomic E-state index is -3.72. The highest BCUT2D eigenvalue weighted by Crippen LogP contribution is 2.31. The van der Waals surface area contributed by atoms with Gasteiger partial charge in [0.1, 0.15) is 0 Å². The standard InChI is InChI=1S/C13H17BrO4S/c1-13(12(15)16,19(2,17)18)11(9-14)8-10-6-4-3-5-7-10/h3-7,11H,8-9H2,1-2H3,(H,15,16)/t11?,13-/m1/s1. The van der Waals surface area contributed by atoms with Crippen LogP contribution in [0.2, 0.25) is 0 Å². The van der Waals surface area contributed by atoms with Crippen molar-refractivity contribution in [3.05, 3.63) is 35.9 Å². The highest BCUT2D eigenvalue weighted by atomic mass is 79.9. The van der Waals surface area contributed by atoms with Gasteiger partial charge in [0.25, 0.3) is 0 Å². The Morgan fingerprint density at radius 2 is 1.89 bits per heavy atom.